The van der Waals surface area contributed by atoms with Gasteiger partial charge in [0.05, 0.1) is 6.10 Å². The third-order valence-electron chi connectivity index (χ3n) is 3.28. The molecule has 0 saturated carbocycles. The lowest BCUT2D eigenvalue weighted by molar-refractivity contribution is 0.0988. The van der Waals surface area contributed by atoms with E-state index in [0.717, 1.165) is 25.7 Å². The Hall–Kier alpha value is -0.120. The summed E-state index contributed by atoms with van der Waals surface area (Å²) in [5, 5.41) is 12.9. The summed E-state index contributed by atoms with van der Waals surface area (Å²) in [4.78, 5) is 2.50. The molecule has 13 heavy (non-hydrogen) atoms. The maximum absolute atomic E-state index is 9.40. The standard InChI is InChI=1S/C10H20N2O/c1-8(13)7-12-9-2-3-10(12)6-11-5-4-9/h8-11,13H,2-7H2,1H3/t8-,9-,10+/m1/s1. The summed E-state index contributed by atoms with van der Waals surface area (Å²) in [5.41, 5.74) is 0. The highest BCUT2D eigenvalue weighted by molar-refractivity contribution is 4.92. The van der Waals surface area contributed by atoms with Crippen molar-refractivity contribution in [3.05, 3.63) is 0 Å². The molecular weight excluding hydrogens is 164 g/mol. The first-order valence-electron chi connectivity index (χ1n) is 5.42. The molecule has 2 aliphatic heterocycles. The van der Waals surface area contributed by atoms with E-state index in [9.17, 15) is 5.11 Å². The molecule has 0 aromatic rings. The summed E-state index contributed by atoms with van der Waals surface area (Å²) in [7, 11) is 0. The number of aliphatic hydroxyl groups excluding tert-OH is 1. The average molecular weight is 184 g/mol. The first-order valence-corrected chi connectivity index (χ1v) is 5.42. The van der Waals surface area contributed by atoms with Crippen molar-refractivity contribution in [1.82, 2.24) is 10.2 Å². The fraction of sp³-hybridized carbons (Fsp3) is 1.00. The molecule has 2 aliphatic rings. The van der Waals surface area contributed by atoms with E-state index in [0.29, 0.717) is 6.04 Å². The van der Waals surface area contributed by atoms with Crippen LogP contribution in [0.4, 0.5) is 0 Å². The molecule has 3 atom stereocenters. The van der Waals surface area contributed by atoms with E-state index in [2.05, 4.69) is 10.2 Å². The summed E-state index contributed by atoms with van der Waals surface area (Å²) in [5.74, 6) is 0. The predicted octanol–water partition coefficient (Wildman–Crippen LogP) is 0.194. The van der Waals surface area contributed by atoms with Gasteiger partial charge in [-0.1, -0.05) is 0 Å². The zero-order valence-corrected chi connectivity index (χ0v) is 8.37. The number of aliphatic hydroxyl groups is 1. The SMILES string of the molecule is C[C@@H](O)CN1[C@H]2CCNC[C@@H]1CC2. The topological polar surface area (TPSA) is 35.5 Å². The van der Waals surface area contributed by atoms with Crippen LogP contribution < -0.4 is 5.32 Å². The Kier molecular flexibility index (Phi) is 2.86. The van der Waals surface area contributed by atoms with E-state index in [1.807, 2.05) is 6.92 Å². The number of hydrogen-bond acceptors (Lipinski definition) is 3. The minimum absolute atomic E-state index is 0.179. The molecule has 2 heterocycles. The Morgan fingerprint density at radius 1 is 1.38 bits per heavy atom. The fourth-order valence-corrected chi connectivity index (χ4v) is 2.68. The Bertz CT molecular complexity index is 158. The fourth-order valence-electron chi connectivity index (χ4n) is 2.68. The molecule has 0 aromatic carbocycles. The normalized spacial score (nSPS) is 37.4. The zero-order valence-electron chi connectivity index (χ0n) is 8.37. The second-order valence-corrected chi connectivity index (χ2v) is 4.42. The van der Waals surface area contributed by atoms with Gasteiger partial charge in [0.15, 0.2) is 0 Å². The maximum Gasteiger partial charge on any atom is 0.0639 e. The number of fused-ring (bicyclic) bond motifs is 2. The largest absolute Gasteiger partial charge is 0.392 e. The first-order chi connectivity index (χ1) is 6.27. The van der Waals surface area contributed by atoms with Crippen LogP contribution in [0.2, 0.25) is 0 Å². The van der Waals surface area contributed by atoms with Crippen LogP contribution >= 0.6 is 0 Å². The van der Waals surface area contributed by atoms with Crippen molar-refractivity contribution >= 4 is 0 Å². The Morgan fingerprint density at radius 2 is 2.15 bits per heavy atom. The quantitative estimate of drug-likeness (QED) is 0.643. The van der Waals surface area contributed by atoms with Crippen molar-refractivity contribution in [2.24, 2.45) is 0 Å². The minimum Gasteiger partial charge on any atom is -0.392 e. The molecule has 2 rings (SSSR count). The van der Waals surface area contributed by atoms with Gasteiger partial charge in [0.2, 0.25) is 0 Å². The summed E-state index contributed by atoms with van der Waals surface area (Å²) in [6.07, 6.45) is 3.72. The van der Waals surface area contributed by atoms with Gasteiger partial charge < -0.3 is 10.4 Å². The van der Waals surface area contributed by atoms with E-state index in [-0.39, 0.29) is 6.10 Å². The van der Waals surface area contributed by atoms with Crippen LogP contribution in [0, 0.1) is 0 Å². The van der Waals surface area contributed by atoms with Crippen LogP contribution in [-0.2, 0) is 0 Å². The van der Waals surface area contributed by atoms with E-state index in [1.165, 1.54) is 19.3 Å². The van der Waals surface area contributed by atoms with Crippen LogP contribution in [0.1, 0.15) is 26.2 Å². The molecule has 0 aliphatic carbocycles. The second-order valence-electron chi connectivity index (χ2n) is 4.42. The lowest BCUT2D eigenvalue weighted by Crippen LogP contribution is -2.41. The van der Waals surface area contributed by atoms with Crippen molar-refractivity contribution in [2.75, 3.05) is 19.6 Å². The van der Waals surface area contributed by atoms with E-state index < -0.39 is 0 Å². The lowest BCUT2D eigenvalue weighted by atomic mass is 10.1. The summed E-state index contributed by atoms with van der Waals surface area (Å²) >= 11 is 0. The highest BCUT2D eigenvalue weighted by Crippen LogP contribution is 2.27. The lowest BCUT2D eigenvalue weighted by Gasteiger charge is -2.28. The first kappa shape index (κ1) is 9.44. The van der Waals surface area contributed by atoms with Crippen molar-refractivity contribution in [1.29, 1.82) is 0 Å². The number of nitrogens with one attached hydrogen (secondary N) is 1. The van der Waals surface area contributed by atoms with Gasteiger partial charge in [-0.05, 0) is 32.7 Å². The van der Waals surface area contributed by atoms with Crippen LogP contribution in [0.3, 0.4) is 0 Å². The molecule has 0 radical (unpaired) electrons. The predicted molar refractivity (Wildman–Crippen MR) is 52.7 cm³/mol. The Balaban J connectivity index is 1.99. The summed E-state index contributed by atoms with van der Waals surface area (Å²) in [6.45, 7) is 5.01. The summed E-state index contributed by atoms with van der Waals surface area (Å²) < 4.78 is 0. The number of hydrogen-bond donors (Lipinski definition) is 2. The molecule has 3 nitrogen and oxygen atoms in total. The van der Waals surface area contributed by atoms with Gasteiger partial charge in [-0.25, -0.2) is 0 Å². The monoisotopic (exact) mass is 184 g/mol. The van der Waals surface area contributed by atoms with Gasteiger partial charge in [-0.2, -0.15) is 0 Å². The van der Waals surface area contributed by atoms with Gasteiger partial charge in [0.25, 0.3) is 0 Å². The Morgan fingerprint density at radius 3 is 2.92 bits per heavy atom. The highest BCUT2D eigenvalue weighted by atomic mass is 16.3. The summed E-state index contributed by atoms with van der Waals surface area (Å²) in [6, 6.07) is 1.41. The van der Waals surface area contributed by atoms with Gasteiger partial charge in [0, 0.05) is 25.2 Å². The van der Waals surface area contributed by atoms with Crippen LogP contribution in [0.15, 0.2) is 0 Å². The number of nitrogens with zero attached hydrogens (tertiary/aromatic N) is 1. The molecule has 2 bridgehead atoms. The van der Waals surface area contributed by atoms with Gasteiger partial charge in [-0.15, -0.1) is 0 Å². The van der Waals surface area contributed by atoms with E-state index in [4.69, 9.17) is 0 Å². The molecule has 2 N–H and O–H groups in total. The molecule has 3 heteroatoms. The molecule has 0 amide bonds. The number of rotatable bonds is 2. The van der Waals surface area contributed by atoms with Crippen molar-refractivity contribution in [3.63, 3.8) is 0 Å². The maximum atomic E-state index is 9.40. The minimum atomic E-state index is -0.179. The third-order valence-corrected chi connectivity index (χ3v) is 3.28. The van der Waals surface area contributed by atoms with E-state index >= 15 is 0 Å². The molecular formula is C10H20N2O. The van der Waals surface area contributed by atoms with Gasteiger partial charge in [-0.3, -0.25) is 4.90 Å². The second kappa shape index (κ2) is 3.95. The molecule has 0 unspecified atom stereocenters. The molecule has 76 valence electrons. The van der Waals surface area contributed by atoms with E-state index in [1.54, 1.807) is 0 Å². The third kappa shape index (κ3) is 2.03. The smallest absolute Gasteiger partial charge is 0.0639 e. The Labute approximate surface area is 80.1 Å². The average Bonchev–Trinajstić information content (AvgIpc) is 2.24. The van der Waals surface area contributed by atoms with Gasteiger partial charge >= 0.3 is 0 Å². The molecule has 0 aromatic heterocycles. The van der Waals surface area contributed by atoms with Crippen LogP contribution in [0.5, 0.6) is 0 Å². The van der Waals surface area contributed by atoms with Gasteiger partial charge in [0.1, 0.15) is 0 Å². The highest BCUT2D eigenvalue weighted by Gasteiger charge is 2.34. The van der Waals surface area contributed by atoms with Crippen molar-refractivity contribution < 1.29 is 5.11 Å². The van der Waals surface area contributed by atoms with Crippen molar-refractivity contribution in [2.45, 2.75) is 44.4 Å². The zero-order chi connectivity index (χ0) is 9.26. The van der Waals surface area contributed by atoms with Crippen LogP contribution in [-0.4, -0.2) is 47.8 Å². The molecule has 0 spiro atoms. The van der Waals surface area contributed by atoms with Crippen molar-refractivity contribution in [3.8, 4) is 0 Å². The van der Waals surface area contributed by atoms with Crippen LogP contribution in [0.25, 0.3) is 0 Å². The molecule has 2 saturated heterocycles. The molecule has 2 fully saturated rings.